The predicted octanol–water partition coefficient (Wildman–Crippen LogP) is 4.14. The number of halogens is 1. The summed E-state index contributed by atoms with van der Waals surface area (Å²) < 4.78 is 0. The normalized spacial score (nSPS) is 10.9. The molecule has 2 aromatic rings. The predicted molar refractivity (Wildman–Crippen MR) is 106 cm³/mol. The molecule has 2 rings (SSSR count). The van der Waals surface area contributed by atoms with Crippen LogP contribution in [-0.2, 0) is 12.8 Å². The maximum atomic E-state index is 5.94. The average molecular weight is 409 g/mol. The zero-order valence-electron chi connectivity index (χ0n) is 13.2. The molecule has 0 unspecified atom stereocenters. The summed E-state index contributed by atoms with van der Waals surface area (Å²) in [7, 11) is 0. The third-order valence-electron chi connectivity index (χ3n) is 3.53. The molecule has 0 aliphatic rings. The highest BCUT2D eigenvalue weighted by Crippen LogP contribution is 2.11. The van der Waals surface area contributed by atoms with Crippen LogP contribution in [0.4, 0.5) is 5.69 Å². The first-order chi connectivity index (χ1) is 10.2. The number of aryl methyl sites for hydroxylation is 2. The summed E-state index contributed by atoms with van der Waals surface area (Å²) in [5, 5.41) is 3.15. The van der Waals surface area contributed by atoms with Crippen molar-refractivity contribution < 1.29 is 0 Å². The molecule has 4 heteroatoms. The van der Waals surface area contributed by atoms with Gasteiger partial charge in [0.25, 0.3) is 0 Å². The van der Waals surface area contributed by atoms with Gasteiger partial charge in [-0.3, -0.25) is 4.99 Å². The molecule has 0 radical (unpaired) electrons. The summed E-state index contributed by atoms with van der Waals surface area (Å²) in [6, 6.07) is 16.6. The molecule has 118 valence electrons. The van der Waals surface area contributed by atoms with Crippen LogP contribution in [0.1, 0.15) is 23.6 Å². The Labute approximate surface area is 150 Å². The van der Waals surface area contributed by atoms with Crippen LogP contribution in [0.2, 0.25) is 0 Å². The van der Waals surface area contributed by atoms with E-state index in [9.17, 15) is 0 Å². The molecule has 2 aromatic carbocycles. The van der Waals surface area contributed by atoms with Gasteiger partial charge >= 0.3 is 0 Å². The van der Waals surface area contributed by atoms with Crippen LogP contribution in [0, 0.1) is 6.92 Å². The van der Waals surface area contributed by atoms with E-state index in [1.807, 2.05) is 12.1 Å². The number of rotatable bonds is 5. The van der Waals surface area contributed by atoms with Gasteiger partial charge in [0.1, 0.15) is 0 Å². The Kier molecular flexibility index (Phi) is 7.95. The second-order valence-electron chi connectivity index (χ2n) is 5.12. The highest BCUT2D eigenvalue weighted by Gasteiger charge is 1.98. The molecule has 0 aromatic heterocycles. The van der Waals surface area contributed by atoms with Gasteiger partial charge in [0.15, 0.2) is 5.96 Å². The van der Waals surface area contributed by atoms with Gasteiger partial charge in [-0.1, -0.05) is 43.3 Å². The third kappa shape index (κ3) is 5.67. The van der Waals surface area contributed by atoms with Gasteiger partial charge in [-0.15, -0.1) is 24.0 Å². The summed E-state index contributed by atoms with van der Waals surface area (Å²) in [4.78, 5) is 4.39. The van der Waals surface area contributed by atoms with Crippen molar-refractivity contribution in [1.29, 1.82) is 0 Å². The second kappa shape index (κ2) is 9.46. The largest absolute Gasteiger partial charge is 0.370 e. The van der Waals surface area contributed by atoms with Crippen molar-refractivity contribution >= 4 is 35.6 Å². The van der Waals surface area contributed by atoms with E-state index in [2.05, 4.69) is 60.6 Å². The quantitative estimate of drug-likeness (QED) is 0.443. The number of hydrogen-bond acceptors (Lipinski definition) is 1. The van der Waals surface area contributed by atoms with E-state index in [0.29, 0.717) is 12.5 Å². The Bertz CT molecular complexity index is 623. The monoisotopic (exact) mass is 409 g/mol. The molecule has 0 aliphatic carbocycles. The lowest BCUT2D eigenvalue weighted by Crippen LogP contribution is -2.23. The maximum absolute atomic E-state index is 5.94. The minimum Gasteiger partial charge on any atom is -0.370 e. The summed E-state index contributed by atoms with van der Waals surface area (Å²) in [6.45, 7) is 4.95. The zero-order chi connectivity index (χ0) is 15.1. The van der Waals surface area contributed by atoms with Crippen LogP contribution in [-0.4, -0.2) is 12.5 Å². The topological polar surface area (TPSA) is 50.4 Å². The van der Waals surface area contributed by atoms with Crippen molar-refractivity contribution in [2.75, 3.05) is 11.9 Å². The smallest absolute Gasteiger partial charge is 0.193 e. The van der Waals surface area contributed by atoms with Gasteiger partial charge < -0.3 is 11.1 Å². The molecule has 22 heavy (non-hydrogen) atoms. The van der Waals surface area contributed by atoms with E-state index >= 15 is 0 Å². The van der Waals surface area contributed by atoms with Crippen LogP contribution in [0.25, 0.3) is 0 Å². The van der Waals surface area contributed by atoms with Crippen LogP contribution < -0.4 is 11.1 Å². The molecular formula is C18H24IN3. The molecule has 0 aliphatic heterocycles. The lowest BCUT2D eigenvalue weighted by atomic mass is 10.1. The first-order valence-electron chi connectivity index (χ1n) is 7.39. The number of nitrogens with two attached hydrogens (primary N) is 1. The van der Waals surface area contributed by atoms with Crippen molar-refractivity contribution in [3.8, 4) is 0 Å². The van der Waals surface area contributed by atoms with E-state index in [-0.39, 0.29) is 24.0 Å². The van der Waals surface area contributed by atoms with Crippen molar-refractivity contribution in [2.24, 2.45) is 10.7 Å². The molecular weight excluding hydrogens is 385 g/mol. The fraction of sp³-hybridized carbons (Fsp3) is 0.278. The van der Waals surface area contributed by atoms with E-state index in [0.717, 1.165) is 18.5 Å². The Balaban J connectivity index is 0.00000242. The molecule has 3 nitrogen and oxygen atoms in total. The zero-order valence-corrected chi connectivity index (χ0v) is 15.5. The second-order valence-corrected chi connectivity index (χ2v) is 5.12. The molecule has 0 spiro atoms. The molecule has 0 heterocycles. The number of hydrogen-bond donors (Lipinski definition) is 2. The number of nitrogens with one attached hydrogen (secondary N) is 1. The van der Waals surface area contributed by atoms with E-state index < -0.39 is 0 Å². The number of benzene rings is 2. The fourth-order valence-corrected chi connectivity index (χ4v) is 2.24. The lowest BCUT2D eigenvalue weighted by Gasteiger charge is -2.07. The maximum Gasteiger partial charge on any atom is 0.193 e. The lowest BCUT2D eigenvalue weighted by molar-refractivity contribution is 0.954. The Morgan fingerprint density at radius 1 is 1.14 bits per heavy atom. The summed E-state index contributed by atoms with van der Waals surface area (Å²) >= 11 is 0. The molecule has 3 N–H and O–H groups in total. The van der Waals surface area contributed by atoms with Gasteiger partial charge in [-0.25, -0.2) is 0 Å². The van der Waals surface area contributed by atoms with Crippen LogP contribution in [0.15, 0.2) is 53.5 Å². The third-order valence-corrected chi connectivity index (χ3v) is 3.53. The van der Waals surface area contributed by atoms with Crippen LogP contribution in [0.3, 0.4) is 0 Å². The highest BCUT2D eigenvalue weighted by molar-refractivity contribution is 14.0. The molecule has 0 fully saturated rings. The number of anilines is 1. The van der Waals surface area contributed by atoms with Gasteiger partial charge in [-0.05, 0) is 48.6 Å². The molecule has 0 atom stereocenters. The van der Waals surface area contributed by atoms with Gasteiger partial charge in [-0.2, -0.15) is 0 Å². The van der Waals surface area contributed by atoms with Crippen molar-refractivity contribution in [1.82, 2.24) is 0 Å². The van der Waals surface area contributed by atoms with Crippen molar-refractivity contribution in [2.45, 2.75) is 26.7 Å². The van der Waals surface area contributed by atoms with Gasteiger partial charge in [0.2, 0.25) is 0 Å². The number of guanidine groups is 1. The van der Waals surface area contributed by atoms with E-state index in [1.54, 1.807) is 0 Å². The molecule has 0 bridgehead atoms. The van der Waals surface area contributed by atoms with Crippen LogP contribution in [0.5, 0.6) is 0 Å². The molecule has 0 saturated carbocycles. The Morgan fingerprint density at radius 2 is 1.91 bits per heavy atom. The SMILES string of the molecule is CCc1cccc(NC(N)=NCCc2ccccc2C)c1.I. The summed E-state index contributed by atoms with van der Waals surface area (Å²) in [5.41, 5.74) is 10.8. The number of nitrogens with zero attached hydrogens (tertiary/aromatic N) is 1. The summed E-state index contributed by atoms with van der Waals surface area (Å²) in [5.74, 6) is 0.469. The Hall–Kier alpha value is -1.56. The van der Waals surface area contributed by atoms with Gasteiger partial charge in [0, 0.05) is 12.2 Å². The first-order valence-corrected chi connectivity index (χ1v) is 7.39. The van der Waals surface area contributed by atoms with Crippen LogP contribution >= 0.6 is 24.0 Å². The first kappa shape index (κ1) is 18.5. The van der Waals surface area contributed by atoms with Crippen molar-refractivity contribution in [3.05, 3.63) is 65.2 Å². The van der Waals surface area contributed by atoms with Crippen molar-refractivity contribution in [3.63, 3.8) is 0 Å². The van der Waals surface area contributed by atoms with E-state index in [4.69, 9.17) is 5.73 Å². The molecule has 0 saturated heterocycles. The fourth-order valence-electron chi connectivity index (χ4n) is 2.24. The Morgan fingerprint density at radius 3 is 2.64 bits per heavy atom. The molecule has 0 amide bonds. The minimum atomic E-state index is 0. The number of aliphatic imine (C=N–C) groups is 1. The van der Waals surface area contributed by atoms with Gasteiger partial charge in [0.05, 0.1) is 0 Å². The highest BCUT2D eigenvalue weighted by atomic mass is 127. The standard InChI is InChI=1S/C18H23N3.HI/c1-3-15-8-6-10-17(13-15)21-18(19)20-12-11-16-9-5-4-7-14(16)2;/h4-10,13H,3,11-12H2,1-2H3,(H3,19,20,21);1H. The minimum absolute atomic E-state index is 0. The van der Waals surface area contributed by atoms with E-state index in [1.165, 1.54) is 16.7 Å². The average Bonchev–Trinajstić information content (AvgIpc) is 2.49. The summed E-state index contributed by atoms with van der Waals surface area (Å²) in [6.07, 6.45) is 1.92.